The predicted octanol–water partition coefficient (Wildman–Crippen LogP) is 5.06. The number of halogens is 7. The summed E-state index contributed by atoms with van der Waals surface area (Å²) in [4.78, 5) is 35.9. The highest BCUT2D eigenvalue weighted by Gasteiger charge is 2.40. The monoisotopic (exact) mass is 697 g/mol. The Morgan fingerprint density at radius 3 is 2.19 bits per heavy atom. The molecule has 5 rings (SSSR count). The van der Waals surface area contributed by atoms with Gasteiger partial charge in [0.15, 0.2) is 5.82 Å². The SMILES string of the molecule is Bc1cnc(N(Cc2cc(C(F)(F)F)cc(C(F)(F)F)c2)[C@H]2C[C@@H](CC)N(c3nc(N4CCC(C(=O)OCC)CC4)ncc3Cl)C2)nc1. The standard InChI is InChI=1S/C31H35BClF6N7O2/c1-3-23-12-24(17-45(23)26-25(33)15-42-29(43-26)44-7-5-19(6-8-44)27(47)48-4-2)46(28-40-13-22(32)14-41-28)16-18-9-20(30(34,35)36)11-21(10-18)31(37,38)39/h9-11,13-15,19,23-24H,3-8,12,16-17,32H2,1-2H3/t23-,24+/m1/s1. The third kappa shape index (κ3) is 8.07. The predicted molar refractivity (Wildman–Crippen MR) is 171 cm³/mol. The first-order valence-corrected chi connectivity index (χ1v) is 16.1. The highest BCUT2D eigenvalue weighted by atomic mass is 35.5. The lowest BCUT2D eigenvalue weighted by atomic mass is 9.97. The van der Waals surface area contributed by atoms with Gasteiger partial charge in [0, 0.05) is 44.6 Å². The molecular weight excluding hydrogens is 663 g/mol. The fourth-order valence-corrected chi connectivity index (χ4v) is 6.45. The molecule has 48 heavy (non-hydrogen) atoms. The van der Waals surface area contributed by atoms with Gasteiger partial charge in [0.25, 0.3) is 0 Å². The first kappa shape index (κ1) is 35.5. The van der Waals surface area contributed by atoms with Crippen LogP contribution in [-0.2, 0) is 28.4 Å². The number of benzene rings is 1. The summed E-state index contributed by atoms with van der Waals surface area (Å²) in [5.41, 5.74) is -2.21. The van der Waals surface area contributed by atoms with Crippen molar-refractivity contribution in [3.8, 4) is 0 Å². The number of ether oxygens (including phenoxy) is 1. The molecular formula is C31H35BClF6N7O2. The molecule has 0 radical (unpaired) electrons. The van der Waals surface area contributed by atoms with E-state index in [9.17, 15) is 31.1 Å². The van der Waals surface area contributed by atoms with E-state index in [2.05, 4.69) is 15.0 Å². The van der Waals surface area contributed by atoms with Crippen LogP contribution in [0.4, 0.5) is 44.1 Å². The molecule has 9 nitrogen and oxygen atoms in total. The van der Waals surface area contributed by atoms with Crippen LogP contribution in [0.25, 0.3) is 0 Å². The minimum Gasteiger partial charge on any atom is -0.466 e. The van der Waals surface area contributed by atoms with Crippen LogP contribution >= 0.6 is 11.6 Å². The fraction of sp³-hybridized carbons (Fsp3) is 0.516. The molecule has 1 aromatic carbocycles. The maximum Gasteiger partial charge on any atom is 0.416 e. The molecule has 2 saturated heterocycles. The van der Waals surface area contributed by atoms with Crippen LogP contribution in [0.3, 0.4) is 0 Å². The number of nitrogens with zero attached hydrogens (tertiary/aromatic N) is 7. The van der Waals surface area contributed by atoms with Crippen LogP contribution in [0, 0.1) is 5.92 Å². The molecule has 0 unspecified atom stereocenters. The van der Waals surface area contributed by atoms with E-state index in [-0.39, 0.29) is 42.1 Å². The Morgan fingerprint density at radius 2 is 1.62 bits per heavy atom. The van der Waals surface area contributed by atoms with Crippen LogP contribution in [0.15, 0.2) is 36.8 Å². The van der Waals surface area contributed by atoms with Gasteiger partial charge in [0.2, 0.25) is 11.9 Å². The molecule has 258 valence electrons. The summed E-state index contributed by atoms with van der Waals surface area (Å²) in [7, 11) is 1.77. The Balaban J connectivity index is 1.44. The number of hydrogen-bond acceptors (Lipinski definition) is 9. The van der Waals surface area contributed by atoms with Gasteiger partial charge in [-0.15, -0.1) is 0 Å². The third-order valence-electron chi connectivity index (χ3n) is 8.71. The molecule has 17 heteroatoms. The molecule has 0 amide bonds. The summed E-state index contributed by atoms with van der Waals surface area (Å²) in [6, 6.07) is 1.05. The Kier molecular flexibility index (Phi) is 10.6. The number of aromatic nitrogens is 4. The Bertz CT molecular complexity index is 1560. The van der Waals surface area contributed by atoms with Crippen molar-refractivity contribution in [3.05, 3.63) is 58.5 Å². The first-order chi connectivity index (χ1) is 22.7. The second-order valence-electron chi connectivity index (χ2n) is 12.1. The van der Waals surface area contributed by atoms with E-state index in [0.717, 1.165) is 17.6 Å². The van der Waals surface area contributed by atoms with Gasteiger partial charge in [0.05, 0.1) is 35.9 Å². The third-order valence-corrected chi connectivity index (χ3v) is 8.98. The minimum atomic E-state index is -4.98. The Labute approximate surface area is 280 Å². The van der Waals surface area contributed by atoms with Crippen LogP contribution in [0.2, 0.25) is 5.02 Å². The summed E-state index contributed by atoms with van der Waals surface area (Å²) in [6.07, 6.45) is -3.04. The van der Waals surface area contributed by atoms with Gasteiger partial charge in [-0.2, -0.15) is 31.3 Å². The van der Waals surface area contributed by atoms with Gasteiger partial charge >= 0.3 is 18.3 Å². The topological polar surface area (TPSA) is 87.6 Å². The van der Waals surface area contributed by atoms with Crippen molar-refractivity contribution < 1.29 is 35.9 Å². The summed E-state index contributed by atoms with van der Waals surface area (Å²) in [5, 5.41) is 0.296. The molecule has 3 aromatic rings. The van der Waals surface area contributed by atoms with Crippen molar-refractivity contribution in [3.63, 3.8) is 0 Å². The van der Waals surface area contributed by atoms with E-state index in [1.807, 2.05) is 16.7 Å². The maximum atomic E-state index is 13.7. The second-order valence-corrected chi connectivity index (χ2v) is 12.5. The summed E-state index contributed by atoms with van der Waals surface area (Å²) in [5.74, 6) is 0.665. The van der Waals surface area contributed by atoms with Gasteiger partial charge in [0.1, 0.15) is 12.9 Å². The lowest BCUT2D eigenvalue weighted by molar-refractivity contribution is -0.148. The molecule has 0 spiro atoms. The van der Waals surface area contributed by atoms with Gasteiger partial charge < -0.3 is 19.4 Å². The molecule has 4 heterocycles. The molecule has 2 aliphatic heterocycles. The van der Waals surface area contributed by atoms with Gasteiger partial charge in [-0.1, -0.05) is 24.0 Å². The number of esters is 1. The largest absolute Gasteiger partial charge is 0.466 e. The zero-order valence-corrected chi connectivity index (χ0v) is 27.4. The molecule has 0 saturated carbocycles. The van der Waals surface area contributed by atoms with Crippen molar-refractivity contribution in [2.24, 2.45) is 5.92 Å². The first-order valence-electron chi connectivity index (χ1n) is 15.7. The average molecular weight is 698 g/mol. The Hall–Kier alpha value is -3.82. The number of carbonyl (C=O) groups excluding carboxylic acids is 1. The van der Waals surface area contributed by atoms with Gasteiger partial charge in [-0.25, -0.2) is 15.0 Å². The van der Waals surface area contributed by atoms with Gasteiger partial charge in [-0.05, 0) is 56.4 Å². The van der Waals surface area contributed by atoms with Crippen LogP contribution < -0.4 is 20.2 Å². The zero-order chi connectivity index (χ0) is 34.8. The smallest absolute Gasteiger partial charge is 0.416 e. The van der Waals surface area contributed by atoms with E-state index >= 15 is 0 Å². The van der Waals surface area contributed by atoms with E-state index in [0.29, 0.717) is 68.7 Å². The molecule has 2 aromatic heterocycles. The normalized spacial score (nSPS) is 19.1. The summed E-state index contributed by atoms with van der Waals surface area (Å²) >= 11 is 6.65. The maximum absolute atomic E-state index is 13.7. The lowest BCUT2D eigenvalue weighted by Gasteiger charge is -2.32. The molecule has 0 bridgehead atoms. The van der Waals surface area contributed by atoms with E-state index < -0.39 is 29.5 Å². The molecule has 2 atom stereocenters. The van der Waals surface area contributed by atoms with Crippen LogP contribution in [0.1, 0.15) is 56.2 Å². The highest BCUT2D eigenvalue weighted by Crippen LogP contribution is 2.39. The number of anilines is 3. The number of carbonyl (C=O) groups is 1. The number of rotatable bonds is 9. The van der Waals surface area contributed by atoms with Crippen molar-refractivity contribution in [1.29, 1.82) is 0 Å². The second kappa shape index (κ2) is 14.3. The van der Waals surface area contributed by atoms with Crippen molar-refractivity contribution >= 4 is 48.6 Å². The molecule has 2 aliphatic rings. The average Bonchev–Trinajstić information content (AvgIpc) is 3.47. The van der Waals surface area contributed by atoms with Crippen molar-refractivity contribution in [2.75, 3.05) is 40.9 Å². The quantitative estimate of drug-likeness (QED) is 0.173. The van der Waals surface area contributed by atoms with E-state index in [4.69, 9.17) is 21.3 Å². The molecule has 0 N–H and O–H groups in total. The van der Waals surface area contributed by atoms with Crippen LogP contribution in [-0.4, -0.2) is 72.1 Å². The van der Waals surface area contributed by atoms with Crippen LogP contribution in [0.5, 0.6) is 0 Å². The zero-order valence-electron chi connectivity index (χ0n) is 26.7. The number of hydrogen-bond donors (Lipinski definition) is 0. The fourth-order valence-electron chi connectivity index (χ4n) is 6.25. The summed E-state index contributed by atoms with van der Waals surface area (Å²) < 4.78 is 87.4. The summed E-state index contributed by atoms with van der Waals surface area (Å²) in [6.45, 7) is 5.14. The number of alkyl halides is 6. The minimum absolute atomic E-state index is 0.120. The Morgan fingerprint density at radius 1 is 1.00 bits per heavy atom. The highest BCUT2D eigenvalue weighted by molar-refractivity contribution is 6.33. The molecule has 0 aliphatic carbocycles. The number of piperidine rings is 1. The van der Waals surface area contributed by atoms with E-state index in [1.54, 1.807) is 32.1 Å². The molecule has 2 fully saturated rings. The van der Waals surface area contributed by atoms with Gasteiger partial charge in [-0.3, -0.25) is 4.79 Å². The van der Waals surface area contributed by atoms with E-state index in [1.165, 1.54) is 6.20 Å². The lowest BCUT2D eigenvalue weighted by Crippen LogP contribution is -2.40. The van der Waals surface area contributed by atoms with Crippen molar-refractivity contribution in [2.45, 2.75) is 70.5 Å². The van der Waals surface area contributed by atoms with Crippen molar-refractivity contribution in [1.82, 2.24) is 19.9 Å².